The number of aliphatic hydroxyl groups excluding tert-OH is 1. The number of fused-ring (bicyclic) bond motifs is 1. The first-order valence-corrected chi connectivity index (χ1v) is 36.7. The normalized spacial score (nSPS) is 21.2. The van der Waals surface area contributed by atoms with Crippen molar-refractivity contribution < 1.29 is 126 Å². The topological polar surface area (TPSA) is 702 Å². The van der Waals surface area contributed by atoms with E-state index >= 15 is 0 Å². The van der Waals surface area contributed by atoms with Crippen LogP contribution in [-0.4, -0.2) is 248 Å². The molecule has 0 unspecified atom stereocenters. The van der Waals surface area contributed by atoms with Gasteiger partial charge in [-0.3, -0.25) is 91.1 Å². The highest BCUT2D eigenvalue weighted by molar-refractivity contribution is 6.05. The van der Waals surface area contributed by atoms with Crippen molar-refractivity contribution >= 4 is 135 Å². The number of carboxylic acid groups (broad SMARTS) is 4. The maximum Gasteiger partial charge on any atom is 0.329 e. The number of aromatic nitrogens is 1. The number of aliphatic carboxylic acids is 4. The number of hydrogen-bond acceptors (Lipinski definition) is 24. The summed E-state index contributed by atoms with van der Waals surface area (Å²) in [6, 6.07) is -10.6. The summed E-state index contributed by atoms with van der Waals surface area (Å²) in [6.07, 6.45) is -4.51. The number of ketones is 1. The highest BCUT2D eigenvalue weighted by Crippen LogP contribution is 2.22. The maximum absolute atomic E-state index is 14.8. The lowest BCUT2D eigenvalue weighted by molar-refractivity contribution is -0.156. The van der Waals surface area contributed by atoms with Crippen LogP contribution in [0.3, 0.4) is 0 Å². The van der Waals surface area contributed by atoms with Gasteiger partial charge in [-0.05, 0) is 75.3 Å². The van der Waals surface area contributed by atoms with Crippen LogP contribution in [0.4, 0.5) is 5.69 Å². The summed E-state index contributed by atoms with van der Waals surface area (Å²) in [5.74, 6) is -29.3. The molecule has 14 amide bonds. The average Bonchev–Trinajstić information content (AvgIpc) is 1.68. The van der Waals surface area contributed by atoms with E-state index in [1.807, 2.05) is 16.0 Å². The number of carbonyl (C=O) groups is 20. The number of aromatic amines is 1. The molecule has 13 atom stereocenters. The van der Waals surface area contributed by atoms with Crippen LogP contribution in [0.5, 0.6) is 0 Å². The number of carboxylic acids is 4. The van der Waals surface area contributed by atoms with Gasteiger partial charge in [-0.25, -0.2) is 4.79 Å². The monoisotopic (exact) mass is 1620 g/mol. The number of nitrogens with one attached hydrogen (secondary N) is 14. The summed E-state index contributed by atoms with van der Waals surface area (Å²) in [4.78, 5) is 276. The predicted molar refractivity (Wildman–Crippen MR) is 400 cm³/mol. The number of para-hydroxylation sites is 2. The van der Waals surface area contributed by atoms with E-state index in [1.54, 1.807) is 30.5 Å². The fourth-order valence-corrected chi connectivity index (χ4v) is 11.7. The molecule has 43 heteroatoms. The number of amides is 14. The van der Waals surface area contributed by atoms with E-state index in [0.29, 0.717) is 35.2 Å². The Bertz CT molecular complexity index is 4060. The summed E-state index contributed by atoms with van der Waals surface area (Å²) in [5.41, 5.74) is 18.1. The molecular weight excluding hydrogens is 1520 g/mol. The molecule has 2 aromatic carbocycles. The van der Waals surface area contributed by atoms with Gasteiger partial charge in [0.25, 0.3) is 0 Å². The Morgan fingerprint density at radius 2 is 1.10 bits per heavy atom. The molecule has 25 N–H and O–H groups in total. The zero-order chi connectivity index (χ0) is 85.9. The van der Waals surface area contributed by atoms with Crippen LogP contribution in [0.2, 0.25) is 0 Å². The number of nitrogen functional groups attached to an aromatic ring is 1. The first-order chi connectivity index (χ1) is 54.2. The third kappa shape index (κ3) is 32.5. The van der Waals surface area contributed by atoms with Crippen LogP contribution in [0, 0.1) is 11.8 Å². The van der Waals surface area contributed by atoms with Crippen molar-refractivity contribution in [2.45, 2.75) is 203 Å². The maximum atomic E-state index is 14.8. The Morgan fingerprint density at radius 3 is 1.70 bits per heavy atom. The number of nitrogens with two attached hydrogens (primary N) is 3. The Labute approximate surface area is 657 Å². The number of esters is 1. The predicted octanol–water partition coefficient (Wildman–Crippen LogP) is -5.77. The van der Waals surface area contributed by atoms with Crippen molar-refractivity contribution in [2.75, 3.05) is 32.0 Å². The largest absolute Gasteiger partial charge is 0.481 e. The van der Waals surface area contributed by atoms with E-state index in [1.165, 1.54) is 24.3 Å². The summed E-state index contributed by atoms with van der Waals surface area (Å²) in [7, 11) is 0. The van der Waals surface area contributed by atoms with E-state index in [2.05, 4.69) is 72.0 Å². The van der Waals surface area contributed by atoms with E-state index in [0.717, 1.165) is 40.0 Å². The summed E-state index contributed by atoms with van der Waals surface area (Å²) in [6.45, 7) is 3.20. The molecule has 0 aliphatic carbocycles. The molecule has 1 aromatic heterocycles. The van der Waals surface area contributed by atoms with E-state index < -0.39 is 261 Å². The van der Waals surface area contributed by atoms with Crippen molar-refractivity contribution in [3.05, 3.63) is 65.9 Å². The van der Waals surface area contributed by atoms with Gasteiger partial charge in [-0.1, -0.05) is 76.8 Å². The summed E-state index contributed by atoms with van der Waals surface area (Å²) >= 11 is 0. The van der Waals surface area contributed by atoms with E-state index in [4.69, 9.17) is 21.9 Å². The second-order valence-electron chi connectivity index (χ2n) is 27.7. The van der Waals surface area contributed by atoms with Crippen LogP contribution in [0.1, 0.15) is 140 Å². The van der Waals surface area contributed by atoms with Crippen LogP contribution < -0.4 is 86.3 Å². The molecule has 4 rings (SSSR count). The third-order valence-corrected chi connectivity index (χ3v) is 17.8. The van der Waals surface area contributed by atoms with Crippen LogP contribution in [0.25, 0.3) is 10.9 Å². The molecule has 0 radical (unpaired) electrons. The lowest BCUT2D eigenvalue weighted by Crippen LogP contribution is -2.62. The smallest absolute Gasteiger partial charge is 0.329 e. The number of ether oxygens (including phenoxy) is 1. The zero-order valence-electron chi connectivity index (χ0n) is 63.8. The number of unbranched alkanes of at least 4 members (excludes halogenated alkanes) is 3. The Balaban J connectivity index is 1.88. The van der Waals surface area contributed by atoms with Crippen LogP contribution in [0.15, 0.2) is 54.7 Å². The molecule has 1 fully saturated rings. The number of carbonyl (C=O) groups excluding carboxylic acids is 16. The van der Waals surface area contributed by atoms with Crippen molar-refractivity contribution in [3.8, 4) is 0 Å². The molecule has 2 heterocycles. The van der Waals surface area contributed by atoms with Crippen LogP contribution >= 0.6 is 0 Å². The number of cyclic esters (lactones) is 1. The molecule has 0 spiro atoms. The number of anilines is 1. The molecule has 1 saturated heterocycles. The second-order valence-corrected chi connectivity index (χ2v) is 27.7. The minimum absolute atomic E-state index is 0.0246. The standard InChI is InChI=1S/C72H101N17O26/c1-34(2)15-8-6-7-9-21-53(93)81-44(24-38-30-76-42-19-13-11-16-39(38)42)66(108)84-45(26-52(75)92)67(109)86-48(29-59(102)103)68(110)89-61-37(5)115-72(114)49(25-51(91)40-17-10-12-18-41(40)74)87-71(113)60(35(3)23-56(96)97)88-69(111)50(33-90)82-55(95)31-77-63(105)46(27-57(98)99)83-62(104)36(4)79-65(107)47(28-58(100)101)85-64(106)43(20-14-22-73)80-54(94)32-78-70(61)112/h10-13,16-19,30,34-37,43-50,60-61,76,90H,6-9,14-15,20-29,31-33,73-74H2,1-5H3,(H2,75,92)(H,77,105)(H,78,112)(H,79,107)(H,80,94)(H,81,93)(H,82,95)(H,83,104)(H,84,108)(H,85,106)(H,86,109)(H,87,113)(H,88,111)(H,89,110)(H,96,97)(H,98,99)(H,100,101)(H,102,103)/t35-,36-,37-,43+,44+,45-,46+,47+,48+,49+,50-,60+,61+/m1/s1. The lowest BCUT2D eigenvalue weighted by atomic mass is 9.96. The number of rotatable bonds is 34. The molecule has 1 aliphatic heterocycles. The van der Waals surface area contributed by atoms with Gasteiger partial charge in [0.1, 0.15) is 72.6 Å². The zero-order valence-corrected chi connectivity index (χ0v) is 63.8. The number of aliphatic hydroxyl groups is 1. The van der Waals surface area contributed by atoms with Gasteiger partial charge < -0.3 is 122 Å². The molecule has 3 aromatic rings. The minimum atomic E-state index is -2.45. The van der Waals surface area contributed by atoms with E-state index in [-0.39, 0.29) is 37.1 Å². The molecule has 630 valence electrons. The number of H-pyrrole nitrogens is 1. The Morgan fingerprint density at radius 1 is 0.548 bits per heavy atom. The molecule has 1 aliphatic rings. The lowest BCUT2D eigenvalue weighted by Gasteiger charge is -2.30. The van der Waals surface area contributed by atoms with E-state index in [9.17, 15) is 121 Å². The number of benzene rings is 2. The average molecular weight is 1620 g/mol. The molecule has 115 heavy (non-hydrogen) atoms. The quantitative estimate of drug-likeness (QED) is 0.0115. The number of hydrogen-bond donors (Lipinski definition) is 22. The van der Waals surface area contributed by atoms with Gasteiger partial charge in [0.2, 0.25) is 82.7 Å². The van der Waals surface area contributed by atoms with Gasteiger partial charge in [0, 0.05) is 47.6 Å². The van der Waals surface area contributed by atoms with Crippen LogP contribution in [-0.2, 0) is 102 Å². The highest BCUT2D eigenvalue weighted by Gasteiger charge is 2.41. The van der Waals surface area contributed by atoms with Crippen molar-refractivity contribution in [1.82, 2.24) is 74.1 Å². The van der Waals surface area contributed by atoms with Gasteiger partial charge in [0.15, 0.2) is 5.78 Å². The third-order valence-electron chi connectivity index (χ3n) is 17.8. The number of primary amides is 1. The molecule has 43 nitrogen and oxygen atoms in total. The second kappa shape index (κ2) is 47.0. The minimum Gasteiger partial charge on any atom is -0.481 e. The van der Waals surface area contributed by atoms with Crippen molar-refractivity contribution in [1.29, 1.82) is 0 Å². The van der Waals surface area contributed by atoms with Crippen molar-refractivity contribution in [2.24, 2.45) is 23.3 Å². The summed E-state index contributed by atoms with van der Waals surface area (Å²) in [5, 5.41) is 78.6. The fraction of sp³-hybridized carbons (Fsp3) is 0.528. The molecular formula is C72H101N17O26. The SMILES string of the molecule is CC(C)CCCCCCC(=O)N[C@@H](Cc1c[nH]c2ccccc12)C(=O)N[C@H](CC(N)=O)C(=O)N[C@@H](CC(=O)O)C(=O)N[C@@H]1C(=O)NCC(=O)N[C@@H](CCCN)C(=O)N[C@@H](CC(=O)O)C(=O)N[C@H](C)C(=O)N[C@@H](CC(=O)O)C(=O)NCC(=O)N[C@H](CO)C(=O)N[C@@H]([C@H](C)CC(=O)O)C(=O)N[C@@H](CC(=O)c2ccccc2N)C(=O)O[C@@H]1C. The Hall–Kier alpha value is -12.7. The van der Waals surface area contributed by atoms with Gasteiger partial charge in [-0.15, -0.1) is 0 Å². The first-order valence-electron chi connectivity index (χ1n) is 36.7. The first kappa shape index (κ1) is 94.7. The van der Waals surface area contributed by atoms with Gasteiger partial charge in [-0.2, -0.15) is 0 Å². The molecule has 0 bridgehead atoms. The number of Topliss-reactive ketones (excluding diaryl/α,β-unsaturated/α-hetero) is 1. The Kier molecular flexibility index (Phi) is 38.7. The highest BCUT2D eigenvalue weighted by atomic mass is 16.5. The van der Waals surface area contributed by atoms with Crippen molar-refractivity contribution in [3.63, 3.8) is 0 Å². The van der Waals surface area contributed by atoms with Gasteiger partial charge in [0.05, 0.1) is 51.8 Å². The molecule has 0 saturated carbocycles. The summed E-state index contributed by atoms with van der Waals surface area (Å²) < 4.78 is 5.68. The fourth-order valence-electron chi connectivity index (χ4n) is 11.7. The van der Waals surface area contributed by atoms with Gasteiger partial charge >= 0.3 is 29.8 Å².